The van der Waals surface area contributed by atoms with Crippen LogP contribution in [0.4, 0.5) is 11.6 Å². The van der Waals surface area contributed by atoms with Gasteiger partial charge in [0.25, 0.3) is 45.5 Å². The zero-order valence-corrected chi connectivity index (χ0v) is 85.4. The van der Waals surface area contributed by atoms with Gasteiger partial charge in [0, 0.05) is 167 Å². The van der Waals surface area contributed by atoms with Crippen LogP contribution in [0.5, 0.6) is 0 Å². The maximum absolute atomic E-state index is 12.6. The van der Waals surface area contributed by atoms with Gasteiger partial charge in [0.2, 0.25) is 11.8 Å². The highest BCUT2D eigenvalue weighted by Crippen LogP contribution is 2.28. The Balaban J connectivity index is 0.000000156. The van der Waals surface area contributed by atoms with Crippen molar-refractivity contribution in [3.05, 3.63) is 289 Å². The summed E-state index contributed by atoms with van der Waals surface area (Å²) in [6, 6.07) is 37.4. The smallest absolute Gasteiger partial charge is 0.259 e. The van der Waals surface area contributed by atoms with Gasteiger partial charge in [-0.3, -0.25) is 71.4 Å². The van der Waals surface area contributed by atoms with Crippen LogP contribution < -0.4 is 37.6 Å². The summed E-state index contributed by atoms with van der Waals surface area (Å²) < 4.78 is 19.0. The quantitative estimate of drug-likeness (QED) is 0.0543. The normalized spacial score (nSPS) is 16.3. The molecule has 0 spiro atoms. The Kier molecular flexibility index (Phi) is 41.2. The molecule has 17 rings (SSSR count). The molecule has 7 fully saturated rings. The lowest BCUT2D eigenvalue weighted by molar-refractivity contribution is -0.117. The standard InChI is InChI=1S/2C19H23N3O2.C18H21N3O2.2C14H20ClNO2.2C13H18N2O/c2*1-14(2)12-15-6-5-11-22(19(15)24)17-8-7-16(13-20-17)18(23)21-9-3-4-10-21;1-13(2)11-14-5-3-10-21(18(14)23)16-7-6-15(12-19-16)17(22)20-8-4-9-20;2*1-10(2)6-11-7-12(15)8-16(14(11)17)13-4-3-5-18-9-13;2*1-10(2)9-11-5-3-6-12(14-11)15-8-4-7-13(15)16/h2*5-8,11,13-14H,3-4,9-10,12H2,1-2H3;3,5-7,10,12-13H,4,8-9,11H2,1-2H3;2*7-8,10,13H,3-6,9H2,1-2H3;2*3,5-6,10H,4,7-9H2,1-2H3/t;;;2*13-;;/m...10../s1. The van der Waals surface area contributed by atoms with E-state index in [0.29, 0.717) is 112 Å². The summed E-state index contributed by atoms with van der Waals surface area (Å²) in [6.07, 6.45) is 31.6. The van der Waals surface area contributed by atoms with E-state index < -0.39 is 0 Å². The monoisotopic (exact) mass is 1940 g/mol. The number of amides is 5. The first-order valence-electron chi connectivity index (χ1n) is 50.0. The molecular formula is C110H143Cl2N15O12. The molecule has 17 heterocycles. The minimum atomic E-state index is -0.0458. The van der Waals surface area contributed by atoms with Crippen molar-refractivity contribution in [3.63, 3.8) is 0 Å². The first-order valence-corrected chi connectivity index (χ1v) is 50.8. The third-order valence-corrected chi connectivity index (χ3v) is 25.0. The first kappa shape index (κ1) is 108. The van der Waals surface area contributed by atoms with Crippen molar-refractivity contribution in [2.75, 3.05) is 88.6 Å². The van der Waals surface area contributed by atoms with Crippen molar-refractivity contribution in [3.8, 4) is 17.5 Å². The molecule has 0 N–H and O–H groups in total. The van der Waals surface area contributed by atoms with Crippen LogP contribution in [0.25, 0.3) is 17.5 Å². The van der Waals surface area contributed by atoms with E-state index in [0.717, 1.165) is 232 Å². The van der Waals surface area contributed by atoms with E-state index in [9.17, 15) is 47.9 Å². The molecule has 7 saturated heterocycles. The van der Waals surface area contributed by atoms with Gasteiger partial charge in [-0.2, -0.15) is 0 Å². The lowest BCUT2D eigenvalue weighted by Crippen LogP contribution is -2.42. The molecule has 29 heteroatoms. The third kappa shape index (κ3) is 31.7. The number of pyridine rings is 10. The fraction of sp³-hybridized carbons (Fsp3) is 0.500. The lowest BCUT2D eigenvalue weighted by atomic mass is 10.0. The summed E-state index contributed by atoms with van der Waals surface area (Å²) in [5.74, 6) is 7.08. The number of rotatable bonds is 24. The van der Waals surface area contributed by atoms with Crippen LogP contribution in [0.15, 0.2) is 195 Å². The third-order valence-electron chi connectivity index (χ3n) is 24.6. The Morgan fingerprint density at radius 3 is 0.906 bits per heavy atom. The molecule has 10 aromatic heterocycles. The second kappa shape index (κ2) is 53.1. The number of likely N-dealkylation sites (tertiary alicyclic amines) is 3. The van der Waals surface area contributed by atoms with Gasteiger partial charge in [-0.15, -0.1) is 0 Å². The van der Waals surface area contributed by atoms with Crippen LogP contribution in [0.3, 0.4) is 0 Å². The number of carbonyl (C=O) groups excluding carboxylic acids is 5. The Labute approximate surface area is 828 Å². The maximum atomic E-state index is 12.6. The molecular weight excluding hydrogens is 1790 g/mol. The Hall–Kier alpha value is -11.7. The van der Waals surface area contributed by atoms with E-state index in [-0.39, 0.29) is 69.4 Å². The van der Waals surface area contributed by atoms with E-state index >= 15 is 0 Å². The van der Waals surface area contributed by atoms with Crippen molar-refractivity contribution in [1.29, 1.82) is 0 Å². The number of hydrogen-bond donors (Lipinski definition) is 0. The zero-order chi connectivity index (χ0) is 99.9. The van der Waals surface area contributed by atoms with Crippen molar-refractivity contribution in [2.45, 2.75) is 237 Å². The van der Waals surface area contributed by atoms with E-state index in [1.165, 1.54) is 4.57 Å². The molecule has 7 aliphatic heterocycles. The summed E-state index contributed by atoms with van der Waals surface area (Å²) in [5.41, 5.74) is 7.88. The predicted molar refractivity (Wildman–Crippen MR) is 551 cm³/mol. The number of halogens is 2. The Bertz CT molecular complexity index is 5720. The number of nitrogens with zero attached hydrogens (tertiary/aromatic N) is 15. The van der Waals surface area contributed by atoms with Gasteiger partial charge >= 0.3 is 0 Å². The summed E-state index contributed by atoms with van der Waals surface area (Å²) in [7, 11) is 0. The van der Waals surface area contributed by atoms with Crippen molar-refractivity contribution >= 4 is 64.4 Å². The van der Waals surface area contributed by atoms with Crippen LogP contribution in [0.1, 0.15) is 263 Å². The number of ether oxygens (including phenoxy) is 2. The second-order valence-corrected chi connectivity index (χ2v) is 40.9. The molecule has 0 radical (unpaired) electrons. The van der Waals surface area contributed by atoms with E-state index in [2.05, 4.69) is 122 Å². The highest BCUT2D eigenvalue weighted by atomic mass is 35.5. The van der Waals surface area contributed by atoms with Crippen LogP contribution in [0.2, 0.25) is 10.0 Å². The molecule has 7 aliphatic rings. The molecule has 2 atom stereocenters. The molecule has 0 aromatic carbocycles. The fourth-order valence-corrected chi connectivity index (χ4v) is 18.2. The Morgan fingerprint density at radius 1 is 0.338 bits per heavy atom. The molecule has 27 nitrogen and oxygen atoms in total. The minimum absolute atomic E-state index is 0.0104. The van der Waals surface area contributed by atoms with Crippen molar-refractivity contribution < 1.29 is 33.4 Å². The van der Waals surface area contributed by atoms with Gasteiger partial charge in [-0.05, 0) is 248 Å². The molecule has 744 valence electrons. The highest BCUT2D eigenvalue weighted by Gasteiger charge is 2.29. The van der Waals surface area contributed by atoms with E-state index in [1.54, 1.807) is 131 Å². The first-order chi connectivity index (χ1) is 66.7. The van der Waals surface area contributed by atoms with Crippen LogP contribution in [-0.4, -0.2) is 171 Å². The fourth-order valence-electron chi connectivity index (χ4n) is 17.7. The average Bonchev–Trinajstić information content (AvgIpc) is 1.54. The average molecular weight is 1940 g/mol. The highest BCUT2D eigenvalue weighted by molar-refractivity contribution is 6.30. The molecule has 0 saturated carbocycles. The minimum Gasteiger partial charge on any atom is -0.379 e. The van der Waals surface area contributed by atoms with Gasteiger partial charge in [-0.1, -0.05) is 150 Å². The van der Waals surface area contributed by atoms with Gasteiger partial charge < -0.3 is 33.3 Å². The van der Waals surface area contributed by atoms with E-state index in [4.69, 9.17) is 32.7 Å². The number of aromatic nitrogens is 10. The van der Waals surface area contributed by atoms with Crippen LogP contribution >= 0.6 is 23.2 Å². The van der Waals surface area contributed by atoms with Gasteiger partial charge in [0.15, 0.2) is 0 Å². The molecule has 139 heavy (non-hydrogen) atoms. The largest absolute Gasteiger partial charge is 0.379 e. The molecule has 0 unspecified atom stereocenters. The number of anilines is 2. The molecule has 0 aliphatic carbocycles. The second-order valence-electron chi connectivity index (χ2n) is 40.0. The zero-order valence-electron chi connectivity index (χ0n) is 83.9. The van der Waals surface area contributed by atoms with Gasteiger partial charge in [0.1, 0.15) is 29.1 Å². The maximum Gasteiger partial charge on any atom is 0.259 e. The number of hydrogen-bond acceptors (Lipinski definition) is 17. The summed E-state index contributed by atoms with van der Waals surface area (Å²) in [4.78, 5) is 154. The lowest BCUT2D eigenvalue weighted by Gasteiger charge is -2.30. The topological polar surface area (TPSA) is 294 Å². The van der Waals surface area contributed by atoms with Gasteiger partial charge in [-0.25, -0.2) is 24.9 Å². The van der Waals surface area contributed by atoms with Crippen LogP contribution in [-0.2, 0) is 64.0 Å². The molecule has 0 bridgehead atoms. The predicted octanol–water partition coefficient (Wildman–Crippen LogP) is 18.5. The molecule has 10 aromatic rings. The Morgan fingerprint density at radius 2 is 0.647 bits per heavy atom. The SMILES string of the molecule is CC(C)Cc1cc(Cl)cn([C@@H]2CCCOC2)c1=O.CC(C)Cc1cc(Cl)cn([C@H]2CCCOC2)c1=O.CC(C)Cc1cccc(N2CCCC2=O)n1.CC(C)Cc1cccc(N2CCCC2=O)n1.CC(C)Cc1cccn(-c2ccc(C(=O)N3CCC3)cn2)c1=O.CC(C)Cc1cccn(-c2ccc(C(=O)N3CCCC3)cn2)c1=O.CC(C)Cc1cccn(-c2ccc(C(=O)N3CCCC3)cn2)c1=O. The van der Waals surface area contributed by atoms with Crippen molar-refractivity contribution in [1.82, 2.24) is 62.5 Å². The van der Waals surface area contributed by atoms with Gasteiger partial charge in [0.05, 0.1) is 52.0 Å². The summed E-state index contributed by atoms with van der Waals surface area (Å²) in [5, 5.41) is 1.27. The van der Waals surface area contributed by atoms with Crippen molar-refractivity contribution in [2.24, 2.45) is 41.4 Å². The molecule has 5 amide bonds. The van der Waals surface area contributed by atoms with Crippen LogP contribution in [0, 0.1) is 41.4 Å². The number of carbonyl (C=O) groups is 5. The summed E-state index contributed by atoms with van der Waals surface area (Å²) in [6.45, 7) is 39.0. The summed E-state index contributed by atoms with van der Waals surface area (Å²) >= 11 is 12.2. The van der Waals surface area contributed by atoms with E-state index in [1.807, 2.05) is 82.6 Å².